The predicted molar refractivity (Wildman–Crippen MR) is 130 cm³/mol. The van der Waals surface area contributed by atoms with Crippen molar-refractivity contribution in [3.05, 3.63) is 77.1 Å². The summed E-state index contributed by atoms with van der Waals surface area (Å²) in [4.78, 5) is 23.6. The lowest BCUT2D eigenvalue weighted by atomic mass is 10.0. The monoisotopic (exact) mass is 462 g/mol. The molecule has 1 amide bonds. The van der Waals surface area contributed by atoms with E-state index < -0.39 is 18.5 Å². The molecule has 0 aliphatic carbocycles. The topological polar surface area (TPSA) is 94.6 Å². The van der Waals surface area contributed by atoms with E-state index in [1.54, 1.807) is 30.3 Å². The first kappa shape index (κ1) is 23.3. The number of carbonyl (C=O) groups is 2. The Labute approximate surface area is 196 Å². The zero-order valence-corrected chi connectivity index (χ0v) is 19.0. The molecule has 0 saturated heterocycles. The predicted octanol–water partition coefficient (Wildman–Crippen LogP) is 5.28. The highest BCUT2D eigenvalue weighted by Crippen LogP contribution is 2.39. The van der Waals surface area contributed by atoms with Crippen molar-refractivity contribution in [2.75, 3.05) is 6.61 Å². The normalized spacial score (nSPS) is 11.2. The van der Waals surface area contributed by atoms with Crippen LogP contribution in [0.4, 0.5) is 4.39 Å². The van der Waals surface area contributed by atoms with Gasteiger partial charge in [0.15, 0.2) is 6.61 Å². The molecule has 176 valence electrons. The molecule has 0 radical (unpaired) electrons. The van der Waals surface area contributed by atoms with E-state index >= 15 is 0 Å². The average Bonchev–Trinajstić information content (AvgIpc) is 3.12. The van der Waals surface area contributed by atoms with E-state index in [0.29, 0.717) is 33.2 Å². The van der Waals surface area contributed by atoms with E-state index in [-0.39, 0.29) is 12.4 Å². The summed E-state index contributed by atoms with van der Waals surface area (Å²) in [6.45, 7) is 1.83. The number of hydrogen-bond acceptors (Lipinski definition) is 3. The molecule has 6 nitrogen and oxygen atoms in total. The van der Waals surface area contributed by atoms with Crippen molar-refractivity contribution < 1.29 is 23.8 Å². The number of aryl methyl sites for hydroxylation is 1. The molecule has 34 heavy (non-hydrogen) atoms. The first-order valence-electron chi connectivity index (χ1n) is 11.4. The molecule has 1 heterocycles. The summed E-state index contributed by atoms with van der Waals surface area (Å²) in [6, 6.07) is 15.6. The highest BCUT2D eigenvalue weighted by Gasteiger charge is 2.21. The summed E-state index contributed by atoms with van der Waals surface area (Å²) in [5, 5.41) is 10.4. The van der Waals surface area contributed by atoms with Gasteiger partial charge in [-0.25, -0.2) is 9.18 Å². The lowest BCUT2D eigenvalue weighted by molar-refractivity contribution is -0.139. The number of aliphatic carboxylic acids is 1. The second-order valence-electron chi connectivity index (χ2n) is 8.37. The van der Waals surface area contributed by atoms with Crippen LogP contribution in [0.1, 0.15) is 47.7 Å². The molecule has 0 atom stereocenters. The minimum absolute atomic E-state index is 0.228. The smallest absolute Gasteiger partial charge is 0.341 e. The molecule has 0 aliphatic rings. The van der Waals surface area contributed by atoms with Crippen LogP contribution in [0.2, 0.25) is 0 Å². The molecule has 3 N–H and O–H groups in total. The molecule has 1 aromatic heterocycles. The minimum Gasteiger partial charge on any atom is -0.481 e. The van der Waals surface area contributed by atoms with Gasteiger partial charge in [0.1, 0.15) is 11.6 Å². The van der Waals surface area contributed by atoms with Crippen molar-refractivity contribution in [3.8, 4) is 5.75 Å². The Balaban J connectivity index is 2.02. The highest BCUT2D eigenvalue weighted by atomic mass is 19.1. The van der Waals surface area contributed by atoms with E-state index in [2.05, 4.69) is 6.92 Å². The third kappa shape index (κ3) is 4.59. The van der Waals surface area contributed by atoms with E-state index in [0.717, 1.165) is 36.8 Å². The zero-order valence-electron chi connectivity index (χ0n) is 19.0. The number of ether oxygens (including phenoxy) is 1. The molecule has 4 aromatic rings. The number of halogens is 1. The fraction of sp³-hybridized carbons (Fsp3) is 0.259. The van der Waals surface area contributed by atoms with E-state index in [1.165, 1.54) is 6.07 Å². The van der Waals surface area contributed by atoms with E-state index in [9.17, 15) is 19.1 Å². The number of hydrogen-bond donors (Lipinski definition) is 2. The van der Waals surface area contributed by atoms with Gasteiger partial charge in [-0.15, -0.1) is 0 Å². The van der Waals surface area contributed by atoms with Crippen LogP contribution in [-0.2, 0) is 17.8 Å². The van der Waals surface area contributed by atoms with Gasteiger partial charge in [-0.05, 0) is 48.7 Å². The number of nitrogens with zero attached hydrogens (tertiary/aromatic N) is 1. The SMILES string of the molecule is CCCCCc1cc(OCC(=O)O)c2c3c(C(N)=O)cccc3n(Cc3ccccc3F)c2c1. The molecule has 3 aromatic carbocycles. The van der Waals surface area contributed by atoms with Crippen LogP contribution < -0.4 is 10.5 Å². The van der Waals surface area contributed by atoms with Crippen molar-refractivity contribution in [3.63, 3.8) is 0 Å². The molecular formula is C27H27FN2O4. The van der Waals surface area contributed by atoms with Gasteiger partial charge in [0.05, 0.1) is 23.0 Å². The molecule has 0 bridgehead atoms. The fourth-order valence-corrected chi connectivity index (χ4v) is 4.43. The van der Waals surface area contributed by atoms with Gasteiger partial charge in [0.2, 0.25) is 5.91 Å². The lowest BCUT2D eigenvalue weighted by Crippen LogP contribution is -2.12. The van der Waals surface area contributed by atoms with Crippen LogP contribution in [0, 0.1) is 5.82 Å². The first-order chi connectivity index (χ1) is 16.4. The van der Waals surface area contributed by atoms with Gasteiger partial charge in [0, 0.05) is 16.5 Å². The number of carbonyl (C=O) groups excluding carboxylic acids is 1. The Bertz CT molecular complexity index is 1380. The number of nitrogens with two attached hydrogens (primary N) is 1. The van der Waals surface area contributed by atoms with Crippen LogP contribution in [0.3, 0.4) is 0 Å². The summed E-state index contributed by atoms with van der Waals surface area (Å²) >= 11 is 0. The van der Waals surface area contributed by atoms with Crippen molar-refractivity contribution in [1.29, 1.82) is 0 Å². The Morgan fingerprint density at radius 2 is 1.82 bits per heavy atom. The maximum Gasteiger partial charge on any atom is 0.341 e. The van der Waals surface area contributed by atoms with Crippen molar-refractivity contribution in [1.82, 2.24) is 4.57 Å². The summed E-state index contributed by atoms with van der Waals surface area (Å²) in [7, 11) is 0. The van der Waals surface area contributed by atoms with Gasteiger partial charge in [-0.1, -0.05) is 44.0 Å². The van der Waals surface area contributed by atoms with E-state index in [1.807, 2.05) is 22.8 Å². The van der Waals surface area contributed by atoms with Crippen molar-refractivity contribution >= 4 is 33.7 Å². The van der Waals surface area contributed by atoms with Crippen LogP contribution in [0.25, 0.3) is 21.8 Å². The maximum atomic E-state index is 14.6. The quantitative estimate of drug-likeness (QED) is 0.314. The summed E-state index contributed by atoms with van der Waals surface area (Å²) in [5.41, 5.74) is 8.91. The number of aromatic nitrogens is 1. The Kier molecular flexibility index (Phi) is 6.82. The molecule has 0 fully saturated rings. The number of carboxylic acids is 1. The number of amides is 1. The Morgan fingerprint density at radius 3 is 2.53 bits per heavy atom. The molecule has 7 heteroatoms. The van der Waals surface area contributed by atoms with Crippen molar-refractivity contribution in [2.45, 2.75) is 39.2 Å². The molecule has 0 spiro atoms. The number of primary amides is 1. The van der Waals surface area contributed by atoms with Gasteiger partial charge in [-0.2, -0.15) is 0 Å². The van der Waals surface area contributed by atoms with Crippen LogP contribution in [-0.4, -0.2) is 28.2 Å². The number of benzene rings is 3. The lowest BCUT2D eigenvalue weighted by Gasteiger charge is -2.12. The number of fused-ring (bicyclic) bond motifs is 3. The largest absolute Gasteiger partial charge is 0.481 e. The third-order valence-electron chi connectivity index (χ3n) is 5.99. The fourth-order valence-electron chi connectivity index (χ4n) is 4.43. The molecular weight excluding hydrogens is 435 g/mol. The standard InChI is InChI=1S/C27H27FN2O4/c1-2-3-4-8-17-13-22-26(23(14-17)34-16-24(31)32)25-19(27(29)33)10-7-12-21(25)30(22)15-18-9-5-6-11-20(18)28/h5-7,9-14H,2-4,8,15-16H2,1H3,(H2,29,33)(H,31,32). The van der Waals surface area contributed by atoms with Crippen molar-refractivity contribution in [2.24, 2.45) is 5.73 Å². The highest BCUT2D eigenvalue weighted by molar-refractivity contribution is 6.20. The summed E-state index contributed by atoms with van der Waals surface area (Å²) in [6.07, 6.45) is 3.89. The third-order valence-corrected chi connectivity index (χ3v) is 5.99. The number of rotatable bonds is 10. The van der Waals surface area contributed by atoms with Gasteiger partial charge < -0.3 is 20.1 Å². The van der Waals surface area contributed by atoms with Crippen LogP contribution in [0.5, 0.6) is 5.75 Å². The zero-order chi connectivity index (χ0) is 24.2. The molecule has 0 aliphatic heterocycles. The van der Waals surface area contributed by atoms with Crippen LogP contribution >= 0.6 is 0 Å². The second kappa shape index (κ2) is 9.95. The Morgan fingerprint density at radius 1 is 1.03 bits per heavy atom. The van der Waals surface area contributed by atoms with Gasteiger partial charge in [0.25, 0.3) is 0 Å². The minimum atomic E-state index is -1.10. The maximum absolute atomic E-state index is 14.6. The Hall–Kier alpha value is -3.87. The number of carboxylic acid groups (broad SMARTS) is 1. The summed E-state index contributed by atoms with van der Waals surface area (Å²) in [5.74, 6) is -1.66. The average molecular weight is 463 g/mol. The first-order valence-corrected chi connectivity index (χ1v) is 11.4. The second-order valence-corrected chi connectivity index (χ2v) is 8.37. The molecule has 4 rings (SSSR count). The summed E-state index contributed by atoms with van der Waals surface area (Å²) < 4.78 is 22.2. The van der Waals surface area contributed by atoms with Gasteiger partial charge in [-0.3, -0.25) is 4.79 Å². The molecule has 0 saturated carbocycles. The molecule has 0 unspecified atom stereocenters. The van der Waals surface area contributed by atoms with E-state index in [4.69, 9.17) is 10.5 Å². The van der Waals surface area contributed by atoms with Crippen LogP contribution in [0.15, 0.2) is 54.6 Å². The number of unbranched alkanes of at least 4 members (excludes halogenated alkanes) is 2. The van der Waals surface area contributed by atoms with Gasteiger partial charge >= 0.3 is 5.97 Å².